The van der Waals surface area contributed by atoms with E-state index in [9.17, 15) is 19.0 Å². The van der Waals surface area contributed by atoms with Gasteiger partial charge in [-0.1, -0.05) is 296 Å². The van der Waals surface area contributed by atoms with Crippen molar-refractivity contribution in [2.75, 3.05) is 26.4 Å². The zero-order valence-corrected chi connectivity index (χ0v) is 54.3. The molecule has 0 aromatic rings. The Balaban J connectivity index is 3.95. The molecule has 0 aliphatic rings. The highest BCUT2D eigenvalue weighted by molar-refractivity contribution is 7.47. The normalized spacial score (nSPS) is 13.7. The molecule has 0 spiro atoms. The average molecular weight is 1180 g/mol. The Kier molecular flexibility index (Phi) is 64.6. The van der Waals surface area contributed by atoms with E-state index >= 15 is 0 Å². The summed E-state index contributed by atoms with van der Waals surface area (Å²) >= 11 is 0. The van der Waals surface area contributed by atoms with Crippen molar-refractivity contribution in [2.45, 2.75) is 302 Å². The van der Waals surface area contributed by atoms with Gasteiger partial charge in [-0.2, -0.15) is 0 Å². The molecule has 0 heterocycles. The molecule has 0 aromatic carbocycles. The molecule has 0 aliphatic carbocycles. The average Bonchev–Trinajstić information content (AvgIpc) is 3.48. The molecule has 2 unspecified atom stereocenters. The van der Waals surface area contributed by atoms with E-state index in [2.05, 4.69) is 135 Å². The predicted molar refractivity (Wildman–Crippen MR) is 358 cm³/mol. The van der Waals surface area contributed by atoms with Crippen LogP contribution in [0.15, 0.2) is 122 Å². The fourth-order valence-electron chi connectivity index (χ4n) is 9.33. The van der Waals surface area contributed by atoms with Crippen molar-refractivity contribution in [1.82, 2.24) is 0 Å². The Hall–Kier alpha value is -3.59. The molecule has 0 saturated carbocycles. The summed E-state index contributed by atoms with van der Waals surface area (Å²) in [6.45, 7) is 3.62. The van der Waals surface area contributed by atoms with Crippen molar-refractivity contribution in [2.24, 2.45) is 5.73 Å². The summed E-state index contributed by atoms with van der Waals surface area (Å²) in [6.07, 6.45) is 94.2. The molecule has 0 rings (SSSR count). The Morgan fingerprint density at radius 3 is 0.988 bits per heavy atom. The largest absolute Gasteiger partial charge is 0.472 e. The maximum Gasteiger partial charge on any atom is 0.472 e. The Morgan fingerprint density at radius 1 is 0.373 bits per heavy atom. The molecule has 0 saturated heterocycles. The summed E-state index contributed by atoms with van der Waals surface area (Å²) < 4.78 is 33.1. The van der Waals surface area contributed by atoms with E-state index in [1.165, 1.54) is 148 Å². The van der Waals surface area contributed by atoms with Gasteiger partial charge in [-0.15, -0.1) is 0 Å². The van der Waals surface area contributed by atoms with Gasteiger partial charge < -0.3 is 20.1 Å². The van der Waals surface area contributed by atoms with Crippen molar-refractivity contribution in [1.29, 1.82) is 0 Å². The summed E-state index contributed by atoms with van der Waals surface area (Å²) in [5.41, 5.74) is 5.40. The second kappa shape index (κ2) is 67.5. The molecule has 0 amide bonds. The third-order valence-electron chi connectivity index (χ3n) is 14.3. The number of phosphoric acid groups is 1. The Morgan fingerprint density at radius 2 is 0.663 bits per heavy atom. The molecule has 9 nitrogen and oxygen atoms in total. The molecule has 0 bridgehead atoms. The third kappa shape index (κ3) is 67.4. The van der Waals surface area contributed by atoms with E-state index in [0.29, 0.717) is 6.42 Å². The van der Waals surface area contributed by atoms with Crippen LogP contribution in [0.1, 0.15) is 296 Å². The van der Waals surface area contributed by atoms with Gasteiger partial charge >= 0.3 is 19.8 Å². The quantitative estimate of drug-likeness (QED) is 0.0264. The number of rotatable bonds is 63. The zero-order valence-electron chi connectivity index (χ0n) is 53.4. The fourth-order valence-corrected chi connectivity index (χ4v) is 10.1. The summed E-state index contributed by atoms with van der Waals surface area (Å²) in [5, 5.41) is 0. The summed E-state index contributed by atoms with van der Waals surface area (Å²) in [7, 11) is -4.40. The summed E-state index contributed by atoms with van der Waals surface area (Å²) in [4.78, 5) is 35.3. The van der Waals surface area contributed by atoms with Crippen molar-refractivity contribution < 1.29 is 37.6 Å². The Bertz CT molecular complexity index is 1770. The first kappa shape index (κ1) is 79.4. The van der Waals surface area contributed by atoms with E-state index in [1.54, 1.807) is 0 Å². The molecule has 3 N–H and O–H groups in total. The number of allylic oxidation sites excluding steroid dienone is 20. The number of hydrogen-bond donors (Lipinski definition) is 2. The van der Waals surface area contributed by atoms with Gasteiger partial charge in [0.15, 0.2) is 6.10 Å². The van der Waals surface area contributed by atoms with E-state index in [-0.39, 0.29) is 38.6 Å². The summed E-state index contributed by atoms with van der Waals surface area (Å²) in [5.74, 6) is -0.842. The topological polar surface area (TPSA) is 134 Å². The lowest BCUT2D eigenvalue weighted by Crippen LogP contribution is -2.29. The van der Waals surface area contributed by atoms with Crippen molar-refractivity contribution in [3.05, 3.63) is 122 Å². The van der Waals surface area contributed by atoms with Crippen molar-refractivity contribution >= 4 is 19.8 Å². The lowest BCUT2D eigenvalue weighted by molar-refractivity contribution is -0.161. The first-order valence-electron chi connectivity index (χ1n) is 34.0. The number of esters is 2. The number of phosphoric ester groups is 1. The van der Waals surface area contributed by atoms with Gasteiger partial charge in [0, 0.05) is 19.4 Å². The molecule has 476 valence electrons. The molecular formula is C73H126NO8P. The number of carbonyl (C=O) groups is 2. The van der Waals surface area contributed by atoms with E-state index in [1.807, 2.05) is 0 Å². The van der Waals surface area contributed by atoms with Crippen molar-refractivity contribution in [3.8, 4) is 0 Å². The molecule has 0 aliphatic heterocycles. The third-order valence-corrected chi connectivity index (χ3v) is 15.3. The van der Waals surface area contributed by atoms with Gasteiger partial charge in [-0.05, 0) is 109 Å². The number of unbranched alkanes of at least 4 members (excludes halogenated alkanes) is 30. The van der Waals surface area contributed by atoms with Crippen LogP contribution in [0.5, 0.6) is 0 Å². The van der Waals surface area contributed by atoms with Gasteiger partial charge in [0.1, 0.15) is 6.61 Å². The molecular weight excluding hydrogens is 1050 g/mol. The van der Waals surface area contributed by atoms with Crippen LogP contribution in [-0.2, 0) is 32.7 Å². The highest BCUT2D eigenvalue weighted by Gasteiger charge is 2.26. The highest BCUT2D eigenvalue weighted by atomic mass is 31.2. The van der Waals surface area contributed by atoms with Gasteiger partial charge in [-0.25, -0.2) is 4.57 Å². The number of hydrogen-bond acceptors (Lipinski definition) is 8. The molecule has 0 radical (unpaired) electrons. The van der Waals surface area contributed by atoms with Crippen LogP contribution in [-0.4, -0.2) is 49.3 Å². The number of nitrogens with two attached hydrogens (primary N) is 1. The van der Waals surface area contributed by atoms with E-state index in [4.69, 9.17) is 24.3 Å². The minimum absolute atomic E-state index is 0.0457. The van der Waals surface area contributed by atoms with Crippen LogP contribution in [0.25, 0.3) is 0 Å². The lowest BCUT2D eigenvalue weighted by Gasteiger charge is -2.19. The first-order chi connectivity index (χ1) is 40.8. The van der Waals surface area contributed by atoms with Gasteiger partial charge in [0.2, 0.25) is 0 Å². The van der Waals surface area contributed by atoms with Crippen LogP contribution >= 0.6 is 7.82 Å². The minimum atomic E-state index is -4.40. The SMILES string of the molecule is CC/C=C\C/C=C\C/C=C\C/C=C\C/C=C\C/C=C\C/C=C\C/C=C\CCCCCCCCC(=O)OC(COC(=O)CCCCCCCCCCCCCCCCCCCCC/C=C\C/C=C\CCCCCCC)COP(=O)(O)OCCN. The van der Waals surface area contributed by atoms with Crippen molar-refractivity contribution in [3.63, 3.8) is 0 Å². The fraction of sp³-hybridized carbons (Fsp3) is 0.699. The molecule has 0 aromatic heterocycles. The standard InChI is InChI=1S/C73H126NO8P/c1-3-5-7-9-11-13-15-17-19-21-23-25-27-29-31-33-35-37-39-41-43-45-47-49-51-53-55-57-59-61-63-65-72(75)79-69-71(70-81-83(77,78)80-68-67-74)82-73(76)66-64-62-60-58-56-54-52-50-48-46-44-42-40-38-36-34-32-30-28-26-24-22-20-18-16-14-12-10-8-6-4-2/h6,8,12,14-15,17-18,20-21,23-24,26,30,32,36,38,42,44,48,50,71H,3-5,7,9-11,13,16,19,22,25,27-29,31,33-35,37,39-41,43,45-47,49,51-70,74H2,1-2H3,(H,77,78)/b8-6-,14-12-,17-15-,20-18-,23-21-,26-24-,32-30-,38-36-,44-42-,50-48-. The second-order valence-corrected chi connectivity index (χ2v) is 23.8. The van der Waals surface area contributed by atoms with E-state index in [0.717, 1.165) is 116 Å². The van der Waals surface area contributed by atoms with Crippen LogP contribution in [0.2, 0.25) is 0 Å². The van der Waals surface area contributed by atoms with Gasteiger partial charge in [-0.3, -0.25) is 18.6 Å². The molecule has 10 heteroatoms. The lowest BCUT2D eigenvalue weighted by atomic mass is 10.0. The maximum atomic E-state index is 12.8. The van der Waals surface area contributed by atoms with Gasteiger partial charge in [0.05, 0.1) is 13.2 Å². The van der Waals surface area contributed by atoms with Crippen LogP contribution < -0.4 is 5.73 Å². The van der Waals surface area contributed by atoms with Crippen LogP contribution in [0.4, 0.5) is 0 Å². The number of carbonyl (C=O) groups excluding carboxylic acids is 2. The molecule has 2 atom stereocenters. The zero-order chi connectivity index (χ0) is 60.1. The van der Waals surface area contributed by atoms with Gasteiger partial charge in [0.25, 0.3) is 0 Å². The molecule has 0 fully saturated rings. The summed E-state index contributed by atoms with van der Waals surface area (Å²) in [6, 6.07) is 0. The highest BCUT2D eigenvalue weighted by Crippen LogP contribution is 2.43. The monoisotopic (exact) mass is 1180 g/mol. The smallest absolute Gasteiger partial charge is 0.462 e. The van der Waals surface area contributed by atoms with E-state index < -0.39 is 26.5 Å². The van der Waals surface area contributed by atoms with Crippen LogP contribution in [0.3, 0.4) is 0 Å². The minimum Gasteiger partial charge on any atom is -0.462 e. The predicted octanol–water partition coefficient (Wildman–Crippen LogP) is 22.3. The second-order valence-electron chi connectivity index (χ2n) is 22.3. The first-order valence-corrected chi connectivity index (χ1v) is 35.5. The maximum absolute atomic E-state index is 12.8. The Labute approximate surface area is 511 Å². The molecule has 83 heavy (non-hydrogen) atoms. The van der Waals surface area contributed by atoms with Crippen LogP contribution in [0, 0.1) is 0 Å². The number of ether oxygens (including phenoxy) is 2.